The van der Waals surface area contributed by atoms with Crippen LogP contribution in [-0.2, 0) is 58.3 Å². The zero-order chi connectivity index (χ0) is 0. The summed E-state index contributed by atoms with van der Waals surface area (Å²) in [6, 6.07) is 0. The summed E-state index contributed by atoms with van der Waals surface area (Å²) in [5.41, 5.74) is 0. The van der Waals surface area contributed by atoms with Crippen LogP contribution in [0.5, 0.6) is 0 Å². The second-order valence-corrected chi connectivity index (χ2v) is 0. The second-order valence-electron chi connectivity index (χ2n) is 0. The average molecular weight is 204 g/mol. The third-order valence-electron chi connectivity index (χ3n) is 0. The van der Waals surface area contributed by atoms with E-state index in [9.17, 15) is 0 Å². The molecule has 0 bridgehead atoms. The fourth-order valence-corrected chi connectivity index (χ4v) is 0. The van der Waals surface area contributed by atoms with Crippen molar-refractivity contribution in [2.75, 3.05) is 0 Å². The molecule has 4 radical (unpaired) electrons. The summed E-state index contributed by atoms with van der Waals surface area (Å²) in [5.74, 6) is 0. The molecule has 0 aliphatic rings. The molecule has 0 amide bonds. The molecule has 0 atom stereocenters. The van der Waals surface area contributed by atoms with Gasteiger partial charge in [-0.05, 0) is 0 Å². The van der Waals surface area contributed by atoms with Crippen LogP contribution in [0.1, 0.15) is 0 Å². The fourth-order valence-electron chi connectivity index (χ4n) is 0. The summed E-state index contributed by atoms with van der Waals surface area (Å²) < 4.78 is 0. The predicted molar refractivity (Wildman–Crippen MR) is 5.75 cm³/mol. The standard InChI is InChI=1S/Al.Cu.Ti.Zn. The van der Waals surface area contributed by atoms with E-state index >= 15 is 0 Å². The van der Waals surface area contributed by atoms with Gasteiger partial charge in [0.05, 0.1) is 0 Å². The van der Waals surface area contributed by atoms with Crippen molar-refractivity contribution in [1.82, 2.24) is 0 Å². The molecule has 0 aliphatic carbocycles. The molecule has 4 heavy (non-hydrogen) atoms. The largest absolute Gasteiger partial charge is 0 e. The number of hydrogen-bond donors (Lipinski definition) is 0. The van der Waals surface area contributed by atoms with Crippen molar-refractivity contribution in [2.45, 2.75) is 0 Å². The third kappa shape index (κ3) is 8.83. The molecule has 0 heterocycles. The second kappa shape index (κ2) is 18.2. The molecule has 0 aromatic rings. The zero-order valence-electron chi connectivity index (χ0n) is 2.09. The maximum atomic E-state index is 0. The van der Waals surface area contributed by atoms with Gasteiger partial charge in [-0.3, -0.25) is 0 Å². The molecule has 0 rings (SSSR count). The van der Waals surface area contributed by atoms with Gasteiger partial charge in [-0.15, -0.1) is 0 Å². The minimum absolute atomic E-state index is 0. The van der Waals surface area contributed by atoms with Crippen molar-refractivity contribution >= 4 is 17.4 Å². The summed E-state index contributed by atoms with van der Waals surface area (Å²) in [4.78, 5) is 0. The van der Waals surface area contributed by atoms with Crippen molar-refractivity contribution < 1.29 is 58.3 Å². The van der Waals surface area contributed by atoms with Gasteiger partial charge in [-0.2, -0.15) is 0 Å². The molecule has 0 saturated carbocycles. The third-order valence-corrected chi connectivity index (χ3v) is 0. The minimum atomic E-state index is 0. The molecule has 0 aliphatic heterocycles. The topological polar surface area (TPSA) is 0 Å². The maximum Gasteiger partial charge on any atom is 0 e. The molecule has 0 aromatic carbocycles. The molecule has 0 fully saturated rings. The molecule has 0 N–H and O–H groups in total. The summed E-state index contributed by atoms with van der Waals surface area (Å²) in [6.45, 7) is 0. The van der Waals surface area contributed by atoms with E-state index in [4.69, 9.17) is 0 Å². The minimum Gasteiger partial charge on any atom is 0 e. The van der Waals surface area contributed by atoms with Gasteiger partial charge < -0.3 is 0 Å². The van der Waals surface area contributed by atoms with E-state index in [-0.39, 0.29) is 75.6 Å². The summed E-state index contributed by atoms with van der Waals surface area (Å²) in [5, 5.41) is 0. The Kier molecular flexibility index (Phi) is 148. The molecule has 0 saturated heterocycles. The molecule has 4 heteroatoms. The van der Waals surface area contributed by atoms with Crippen LogP contribution >= 0.6 is 0 Å². The first-order valence-corrected chi connectivity index (χ1v) is 0. The van der Waals surface area contributed by atoms with E-state index in [0.29, 0.717) is 0 Å². The van der Waals surface area contributed by atoms with Crippen LogP contribution in [0.3, 0.4) is 0 Å². The summed E-state index contributed by atoms with van der Waals surface area (Å²) >= 11 is 0. The Morgan fingerprint density at radius 2 is 1.00 bits per heavy atom. The Hall–Kier alpha value is 2.39. The van der Waals surface area contributed by atoms with Crippen molar-refractivity contribution in [1.29, 1.82) is 0 Å². The van der Waals surface area contributed by atoms with Crippen LogP contribution in [0.15, 0.2) is 0 Å². The molecule has 0 unspecified atom stereocenters. The Labute approximate surface area is 74.7 Å². The first-order valence-electron chi connectivity index (χ1n) is 0. The van der Waals surface area contributed by atoms with E-state index in [1.54, 1.807) is 0 Å². The fraction of sp³-hybridized carbons (Fsp3) is 0. The first-order chi connectivity index (χ1) is 0. The Balaban J connectivity index is 0. The van der Waals surface area contributed by atoms with Crippen molar-refractivity contribution in [3.63, 3.8) is 0 Å². The van der Waals surface area contributed by atoms with Crippen LogP contribution in [-0.4, -0.2) is 17.4 Å². The molecule has 0 nitrogen and oxygen atoms in total. The molecule has 20 valence electrons. The van der Waals surface area contributed by atoms with Crippen molar-refractivity contribution in [2.24, 2.45) is 0 Å². The summed E-state index contributed by atoms with van der Waals surface area (Å²) in [7, 11) is 0. The van der Waals surface area contributed by atoms with Gasteiger partial charge in [0.15, 0.2) is 0 Å². The van der Waals surface area contributed by atoms with Crippen molar-refractivity contribution in [3.8, 4) is 0 Å². The Morgan fingerprint density at radius 3 is 1.00 bits per heavy atom. The first kappa shape index (κ1) is 32.5. The van der Waals surface area contributed by atoms with Crippen LogP contribution in [0.25, 0.3) is 0 Å². The van der Waals surface area contributed by atoms with Crippen LogP contribution in [0, 0.1) is 0 Å². The van der Waals surface area contributed by atoms with E-state index in [2.05, 4.69) is 0 Å². The van der Waals surface area contributed by atoms with Crippen molar-refractivity contribution in [3.05, 3.63) is 0 Å². The Bertz CT molecular complexity index is 8.00. The maximum absolute atomic E-state index is 0. The van der Waals surface area contributed by atoms with E-state index in [0.717, 1.165) is 0 Å². The number of hydrogen-bond acceptors (Lipinski definition) is 0. The smallest absolute Gasteiger partial charge is 0 e. The van der Waals surface area contributed by atoms with Gasteiger partial charge in [0.1, 0.15) is 0 Å². The van der Waals surface area contributed by atoms with E-state index in [1.165, 1.54) is 0 Å². The predicted octanol–water partition coefficient (Wildman–Crippen LogP) is -0.388. The summed E-state index contributed by atoms with van der Waals surface area (Å²) in [6.07, 6.45) is 0. The normalized spacial score (nSPS) is 0. The molecular formula is AlCuTiZn. The monoisotopic (exact) mass is 202 g/mol. The van der Waals surface area contributed by atoms with Crippen LogP contribution < -0.4 is 0 Å². The molecular weight excluding hydrogens is 204 g/mol. The van der Waals surface area contributed by atoms with E-state index in [1.807, 2.05) is 0 Å². The molecule has 0 spiro atoms. The van der Waals surface area contributed by atoms with Gasteiger partial charge in [-0.1, -0.05) is 0 Å². The molecule has 0 aromatic heterocycles. The average Bonchev–Trinajstić information content (AvgIpc) is 0. The van der Waals surface area contributed by atoms with Crippen LogP contribution in [0.4, 0.5) is 0 Å². The van der Waals surface area contributed by atoms with Gasteiger partial charge in [0.25, 0.3) is 0 Å². The Morgan fingerprint density at radius 1 is 1.00 bits per heavy atom. The van der Waals surface area contributed by atoms with Crippen LogP contribution in [0.2, 0.25) is 0 Å². The van der Waals surface area contributed by atoms with E-state index < -0.39 is 0 Å². The quantitative estimate of drug-likeness (QED) is 0.471. The zero-order valence-corrected chi connectivity index (χ0v) is 8.71. The van der Waals surface area contributed by atoms with Gasteiger partial charge in [0.2, 0.25) is 0 Å². The van der Waals surface area contributed by atoms with Gasteiger partial charge in [-0.25, -0.2) is 0 Å². The number of rotatable bonds is 0. The van der Waals surface area contributed by atoms with Gasteiger partial charge in [0, 0.05) is 75.6 Å². The van der Waals surface area contributed by atoms with Gasteiger partial charge >= 0.3 is 0 Å². The SMILES string of the molecule is [Al].[Cu].[Ti].[Zn].